The molecule has 0 aromatic rings. The number of amides is 1. The Balaban J connectivity index is 2.16. The van der Waals surface area contributed by atoms with Crippen LogP contribution in [0.5, 0.6) is 0 Å². The molecule has 0 radical (unpaired) electrons. The third kappa shape index (κ3) is 9.10. The monoisotopic (exact) mass is 297 g/mol. The van der Waals surface area contributed by atoms with E-state index in [4.69, 9.17) is 5.73 Å². The van der Waals surface area contributed by atoms with E-state index in [9.17, 15) is 4.79 Å². The average molecular weight is 297 g/mol. The first-order chi connectivity index (χ1) is 9.76. The standard InChI is InChI=1S/C17H35N3O/c1-14(13-20-8-6-5-7-9-20)12-19-16(21)10-15(18)11-17(2,3)4/h14-15H,5-13,18H2,1-4H3,(H,19,21). The Morgan fingerprint density at radius 2 is 1.86 bits per heavy atom. The van der Waals surface area contributed by atoms with Crippen LogP contribution in [0.2, 0.25) is 0 Å². The molecule has 2 unspecified atom stereocenters. The summed E-state index contributed by atoms with van der Waals surface area (Å²) in [6.45, 7) is 13.0. The lowest BCUT2D eigenvalue weighted by atomic mass is 9.87. The molecule has 1 aliphatic heterocycles. The largest absolute Gasteiger partial charge is 0.356 e. The second-order valence-electron chi connectivity index (χ2n) is 8.00. The van der Waals surface area contributed by atoms with E-state index in [0.717, 1.165) is 19.5 Å². The molecule has 1 amide bonds. The van der Waals surface area contributed by atoms with Crippen molar-refractivity contribution in [3.05, 3.63) is 0 Å². The number of hydrogen-bond acceptors (Lipinski definition) is 3. The van der Waals surface area contributed by atoms with Gasteiger partial charge in [0.25, 0.3) is 0 Å². The summed E-state index contributed by atoms with van der Waals surface area (Å²) in [5.41, 5.74) is 6.23. The van der Waals surface area contributed by atoms with Gasteiger partial charge in [-0.1, -0.05) is 34.1 Å². The topological polar surface area (TPSA) is 58.4 Å². The maximum Gasteiger partial charge on any atom is 0.221 e. The molecule has 4 nitrogen and oxygen atoms in total. The van der Waals surface area contributed by atoms with Crippen LogP contribution in [0, 0.1) is 11.3 Å². The first-order valence-electron chi connectivity index (χ1n) is 8.51. The predicted molar refractivity (Wildman–Crippen MR) is 89.1 cm³/mol. The Hall–Kier alpha value is -0.610. The minimum absolute atomic E-state index is 0.0394. The molecular formula is C17H35N3O. The smallest absolute Gasteiger partial charge is 0.221 e. The van der Waals surface area contributed by atoms with Crippen molar-refractivity contribution in [2.45, 2.75) is 65.8 Å². The number of carbonyl (C=O) groups is 1. The molecule has 0 saturated carbocycles. The summed E-state index contributed by atoms with van der Waals surface area (Å²) >= 11 is 0. The number of rotatable bonds is 7. The van der Waals surface area contributed by atoms with E-state index in [0.29, 0.717) is 12.3 Å². The molecule has 21 heavy (non-hydrogen) atoms. The summed E-state index contributed by atoms with van der Waals surface area (Å²) in [4.78, 5) is 14.5. The van der Waals surface area contributed by atoms with Crippen molar-refractivity contribution in [2.75, 3.05) is 26.2 Å². The molecule has 1 saturated heterocycles. The molecule has 1 aliphatic rings. The van der Waals surface area contributed by atoms with Gasteiger partial charge < -0.3 is 16.0 Å². The van der Waals surface area contributed by atoms with Gasteiger partial charge in [-0.15, -0.1) is 0 Å². The Kier molecular flexibility index (Phi) is 7.67. The van der Waals surface area contributed by atoms with Crippen molar-refractivity contribution in [2.24, 2.45) is 17.1 Å². The van der Waals surface area contributed by atoms with Crippen molar-refractivity contribution < 1.29 is 4.79 Å². The Morgan fingerprint density at radius 1 is 1.24 bits per heavy atom. The lowest BCUT2D eigenvalue weighted by Crippen LogP contribution is -2.39. The number of hydrogen-bond donors (Lipinski definition) is 2. The quantitative estimate of drug-likeness (QED) is 0.758. The van der Waals surface area contributed by atoms with Crippen LogP contribution in [0.4, 0.5) is 0 Å². The van der Waals surface area contributed by atoms with Gasteiger partial charge in [0.05, 0.1) is 0 Å². The summed E-state index contributed by atoms with van der Waals surface area (Å²) in [7, 11) is 0. The zero-order valence-corrected chi connectivity index (χ0v) is 14.5. The van der Waals surface area contributed by atoms with Gasteiger partial charge in [0, 0.05) is 25.6 Å². The van der Waals surface area contributed by atoms with Crippen molar-refractivity contribution in [3.8, 4) is 0 Å². The fourth-order valence-electron chi connectivity index (χ4n) is 3.10. The molecule has 4 heteroatoms. The van der Waals surface area contributed by atoms with E-state index >= 15 is 0 Å². The van der Waals surface area contributed by atoms with Gasteiger partial charge >= 0.3 is 0 Å². The normalized spacial score (nSPS) is 20.0. The average Bonchev–Trinajstić information content (AvgIpc) is 2.35. The van der Waals surface area contributed by atoms with Crippen molar-refractivity contribution >= 4 is 5.91 Å². The summed E-state index contributed by atoms with van der Waals surface area (Å²) in [5, 5.41) is 3.04. The highest BCUT2D eigenvalue weighted by Crippen LogP contribution is 2.20. The van der Waals surface area contributed by atoms with Gasteiger partial charge in [-0.05, 0) is 43.7 Å². The van der Waals surface area contributed by atoms with Gasteiger partial charge in [-0.25, -0.2) is 0 Å². The molecule has 124 valence electrons. The molecule has 1 fully saturated rings. The fraction of sp³-hybridized carbons (Fsp3) is 0.941. The second kappa shape index (κ2) is 8.74. The molecule has 2 atom stereocenters. The van der Waals surface area contributed by atoms with Gasteiger partial charge in [-0.3, -0.25) is 4.79 Å². The number of nitrogens with zero attached hydrogens (tertiary/aromatic N) is 1. The third-order valence-electron chi connectivity index (χ3n) is 3.99. The van der Waals surface area contributed by atoms with Gasteiger partial charge in [0.15, 0.2) is 0 Å². The molecule has 0 aromatic heterocycles. The van der Waals surface area contributed by atoms with Crippen LogP contribution >= 0.6 is 0 Å². The molecule has 1 heterocycles. The van der Waals surface area contributed by atoms with Crippen LogP contribution in [0.1, 0.15) is 59.8 Å². The van der Waals surface area contributed by atoms with E-state index in [-0.39, 0.29) is 17.4 Å². The number of carbonyl (C=O) groups excluding carboxylic acids is 1. The van der Waals surface area contributed by atoms with Crippen LogP contribution < -0.4 is 11.1 Å². The minimum Gasteiger partial charge on any atom is -0.356 e. The van der Waals surface area contributed by atoms with Crippen LogP contribution in [0.15, 0.2) is 0 Å². The van der Waals surface area contributed by atoms with Gasteiger partial charge in [-0.2, -0.15) is 0 Å². The minimum atomic E-state index is -0.0394. The first-order valence-corrected chi connectivity index (χ1v) is 8.51. The van der Waals surface area contributed by atoms with E-state index < -0.39 is 0 Å². The molecule has 1 rings (SSSR count). The van der Waals surface area contributed by atoms with Crippen LogP contribution in [-0.4, -0.2) is 43.0 Å². The van der Waals surface area contributed by atoms with E-state index in [1.807, 2.05) is 0 Å². The second-order valence-corrected chi connectivity index (χ2v) is 8.00. The summed E-state index contributed by atoms with van der Waals surface area (Å²) in [5.74, 6) is 0.600. The first kappa shape index (κ1) is 18.4. The van der Waals surface area contributed by atoms with Gasteiger partial charge in [0.2, 0.25) is 5.91 Å². The third-order valence-corrected chi connectivity index (χ3v) is 3.99. The van der Waals surface area contributed by atoms with Crippen LogP contribution in [-0.2, 0) is 4.79 Å². The lowest BCUT2D eigenvalue weighted by Gasteiger charge is -2.29. The number of nitrogens with two attached hydrogens (primary N) is 1. The van der Waals surface area contributed by atoms with E-state index in [2.05, 4.69) is 37.9 Å². The highest BCUT2D eigenvalue weighted by molar-refractivity contribution is 5.76. The maximum absolute atomic E-state index is 11.9. The highest BCUT2D eigenvalue weighted by Gasteiger charge is 2.19. The zero-order chi connectivity index (χ0) is 15.9. The SMILES string of the molecule is CC(CNC(=O)CC(N)CC(C)(C)C)CN1CCCCC1. The molecule has 0 aliphatic carbocycles. The molecule has 0 aromatic carbocycles. The number of likely N-dealkylation sites (tertiary alicyclic amines) is 1. The van der Waals surface area contributed by atoms with E-state index in [1.165, 1.54) is 32.4 Å². The van der Waals surface area contributed by atoms with Gasteiger partial charge in [0.1, 0.15) is 0 Å². The Labute approximate surface area is 130 Å². The Morgan fingerprint density at radius 3 is 2.43 bits per heavy atom. The maximum atomic E-state index is 11.9. The summed E-state index contributed by atoms with van der Waals surface area (Å²) in [6.07, 6.45) is 5.33. The predicted octanol–water partition coefficient (Wildman–Crippen LogP) is 2.38. The molecule has 0 bridgehead atoms. The Bertz CT molecular complexity index is 306. The van der Waals surface area contributed by atoms with Crippen LogP contribution in [0.3, 0.4) is 0 Å². The number of piperidine rings is 1. The molecule has 0 spiro atoms. The van der Waals surface area contributed by atoms with Crippen molar-refractivity contribution in [3.63, 3.8) is 0 Å². The number of nitrogens with one attached hydrogen (secondary N) is 1. The van der Waals surface area contributed by atoms with Crippen molar-refractivity contribution in [1.29, 1.82) is 0 Å². The zero-order valence-electron chi connectivity index (χ0n) is 14.5. The summed E-state index contributed by atoms with van der Waals surface area (Å²) in [6, 6.07) is -0.0394. The van der Waals surface area contributed by atoms with Crippen molar-refractivity contribution in [1.82, 2.24) is 10.2 Å². The summed E-state index contributed by atoms with van der Waals surface area (Å²) < 4.78 is 0. The van der Waals surface area contributed by atoms with Crippen LogP contribution in [0.25, 0.3) is 0 Å². The molecular weight excluding hydrogens is 262 g/mol. The fourth-order valence-corrected chi connectivity index (χ4v) is 3.10. The van der Waals surface area contributed by atoms with E-state index in [1.54, 1.807) is 0 Å². The lowest BCUT2D eigenvalue weighted by molar-refractivity contribution is -0.121. The highest BCUT2D eigenvalue weighted by atomic mass is 16.1. The molecule has 3 N–H and O–H groups in total.